The molecule has 0 spiro atoms. The number of fused-ring (bicyclic) bond motifs is 3. The predicted molar refractivity (Wildman–Crippen MR) is 128 cm³/mol. The van der Waals surface area contributed by atoms with Gasteiger partial charge in [-0.3, -0.25) is 4.98 Å². The molecule has 8 heteroatoms. The number of rotatable bonds is 5. The van der Waals surface area contributed by atoms with E-state index in [1.807, 2.05) is 6.92 Å². The minimum Gasteiger partial charge on any atom is -0.396 e. The van der Waals surface area contributed by atoms with Gasteiger partial charge in [0.25, 0.3) is 0 Å². The smallest absolute Gasteiger partial charge is 0.228 e. The lowest BCUT2D eigenvalue weighted by molar-refractivity contribution is 0.273. The number of nitrogens with one attached hydrogen (secondary N) is 1. The van der Waals surface area contributed by atoms with Gasteiger partial charge in [-0.15, -0.1) is 0 Å². The maximum atomic E-state index is 13.9. The molecule has 0 saturated heterocycles. The molecule has 2 N–H and O–H groups in total. The Bertz CT molecular complexity index is 1430. The summed E-state index contributed by atoms with van der Waals surface area (Å²) in [5.74, 6) is 0.340. The van der Waals surface area contributed by atoms with Crippen LogP contribution in [0.25, 0.3) is 22.6 Å². The van der Waals surface area contributed by atoms with Gasteiger partial charge in [-0.25, -0.2) is 9.37 Å². The zero-order valence-electron chi connectivity index (χ0n) is 18.9. The van der Waals surface area contributed by atoms with Crippen LogP contribution in [0.15, 0.2) is 54.5 Å². The van der Waals surface area contributed by atoms with E-state index in [1.165, 1.54) is 28.3 Å². The molecule has 34 heavy (non-hydrogen) atoms. The molecule has 0 amide bonds. The van der Waals surface area contributed by atoms with Crippen LogP contribution < -0.4 is 5.32 Å². The third kappa shape index (κ3) is 3.54. The topological polar surface area (TPSA) is 88.2 Å². The molecule has 6 rings (SSSR count). The summed E-state index contributed by atoms with van der Waals surface area (Å²) < 4.78 is 15.6. The van der Waals surface area contributed by atoms with Crippen LogP contribution >= 0.6 is 0 Å². The molecule has 1 aromatic carbocycles. The highest BCUT2D eigenvalue weighted by Crippen LogP contribution is 2.42. The SMILES string of the molecule is C[C@H](CO)c1cnn2c(N[C@@H]3CCC4=C(C3)c3ccccc3C4)nc(-c3cncc(F)c3)nc12. The first kappa shape index (κ1) is 20.9. The van der Waals surface area contributed by atoms with Gasteiger partial charge >= 0.3 is 0 Å². The molecular formula is C26H25FN6O. The van der Waals surface area contributed by atoms with Gasteiger partial charge in [0.2, 0.25) is 5.95 Å². The van der Waals surface area contributed by atoms with E-state index < -0.39 is 5.82 Å². The van der Waals surface area contributed by atoms with Crippen LogP contribution in [0.2, 0.25) is 0 Å². The summed E-state index contributed by atoms with van der Waals surface area (Å²) in [5.41, 5.74) is 7.66. The summed E-state index contributed by atoms with van der Waals surface area (Å²) in [5, 5.41) is 17.9. The number of benzene rings is 1. The van der Waals surface area contributed by atoms with Crippen LogP contribution in [0.3, 0.4) is 0 Å². The van der Waals surface area contributed by atoms with Gasteiger partial charge in [0, 0.05) is 35.9 Å². The summed E-state index contributed by atoms with van der Waals surface area (Å²) in [4.78, 5) is 13.4. The predicted octanol–water partition coefficient (Wildman–Crippen LogP) is 4.40. The lowest BCUT2D eigenvalue weighted by Crippen LogP contribution is -2.25. The first-order valence-corrected chi connectivity index (χ1v) is 11.6. The highest BCUT2D eigenvalue weighted by Gasteiger charge is 2.29. The van der Waals surface area contributed by atoms with Crippen LogP contribution in [0.5, 0.6) is 0 Å². The molecule has 2 aliphatic carbocycles. The minimum atomic E-state index is -0.445. The van der Waals surface area contributed by atoms with Gasteiger partial charge in [0.05, 0.1) is 12.4 Å². The van der Waals surface area contributed by atoms with Gasteiger partial charge in [-0.1, -0.05) is 36.8 Å². The molecule has 2 atom stereocenters. The zero-order valence-corrected chi connectivity index (χ0v) is 18.9. The Hall–Kier alpha value is -3.65. The van der Waals surface area contributed by atoms with Crippen molar-refractivity contribution in [3.8, 4) is 11.4 Å². The largest absolute Gasteiger partial charge is 0.396 e. The fourth-order valence-corrected chi connectivity index (χ4v) is 5.09. The molecule has 0 fully saturated rings. The van der Waals surface area contributed by atoms with E-state index in [0.717, 1.165) is 37.4 Å². The molecule has 0 radical (unpaired) electrons. The first-order valence-electron chi connectivity index (χ1n) is 11.6. The molecule has 7 nitrogen and oxygen atoms in total. The number of halogens is 1. The Morgan fingerprint density at radius 3 is 2.94 bits per heavy atom. The van der Waals surface area contributed by atoms with Crippen molar-refractivity contribution >= 4 is 17.2 Å². The summed E-state index contributed by atoms with van der Waals surface area (Å²) in [6.07, 6.45) is 8.44. The number of allylic oxidation sites excluding steroid dienone is 1. The van der Waals surface area contributed by atoms with E-state index in [1.54, 1.807) is 16.9 Å². The Morgan fingerprint density at radius 2 is 2.09 bits per heavy atom. The highest BCUT2D eigenvalue weighted by atomic mass is 19.1. The molecule has 0 aliphatic heterocycles. The molecule has 4 aromatic rings. The summed E-state index contributed by atoms with van der Waals surface area (Å²) >= 11 is 0. The molecule has 2 aliphatic rings. The third-order valence-electron chi connectivity index (χ3n) is 6.91. The lowest BCUT2D eigenvalue weighted by Gasteiger charge is -2.26. The van der Waals surface area contributed by atoms with Crippen molar-refractivity contribution in [3.05, 3.63) is 77.0 Å². The van der Waals surface area contributed by atoms with E-state index in [4.69, 9.17) is 4.98 Å². The molecule has 172 valence electrons. The van der Waals surface area contributed by atoms with Gasteiger partial charge in [-0.05, 0) is 48.4 Å². The Balaban J connectivity index is 1.39. The summed E-state index contributed by atoms with van der Waals surface area (Å²) in [7, 11) is 0. The molecule has 0 saturated carbocycles. The van der Waals surface area contributed by atoms with E-state index in [2.05, 4.69) is 44.6 Å². The second-order valence-corrected chi connectivity index (χ2v) is 9.18. The highest BCUT2D eigenvalue weighted by molar-refractivity contribution is 5.77. The van der Waals surface area contributed by atoms with E-state index in [-0.39, 0.29) is 18.6 Å². The second-order valence-electron chi connectivity index (χ2n) is 9.18. The van der Waals surface area contributed by atoms with Gasteiger partial charge in [0.15, 0.2) is 11.5 Å². The molecular weight excluding hydrogens is 431 g/mol. The Kier molecular flexibility index (Phi) is 5.10. The summed E-state index contributed by atoms with van der Waals surface area (Å²) in [6, 6.07) is 10.2. The van der Waals surface area contributed by atoms with Crippen molar-refractivity contribution in [2.45, 2.75) is 44.6 Å². The average molecular weight is 457 g/mol. The number of pyridine rings is 1. The fraction of sp³-hybridized carbons (Fsp3) is 0.308. The normalized spacial score (nSPS) is 18.1. The van der Waals surface area contributed by atoms with Crippen LogP contribution in [0, 0.1) is 5.82 Å². The number of aliphatic hydroxyl groups is 1. The van der Waals surface area contributed by atoms with Crippen molar-refractivity contribution in [1.82, 2.24) is 24.6 Å². The van der Waals surface area contributed by atoms with Gasteiger partial charge < -0.3 is 10.4 Å². The fourth-order valence-electron chi connectivity index (χ4n) is 5.09. The average Bonchev–Trinajstić information content (AvgIpc) is 3.45. The molecule has 3 heterocycles. The van der Waals surface area contributed by atoms with E-state index >= 15 is 0 Å². The molecule has 0 unspecified atom stereocenters. The van der Waals surface area contributed by atoms with Crippen LogP contribution in [-0.2, 0) is 6.42 Å². The molecule has 0 bridgehead atoms. The number of nitrogens with zero attached hydrogens (tertiary/aromatic N) is 5. The number of hydrogen-bond acceptors (Lipinski definition) is 6. The number of hydrogen-bond donors (Lipinski definition) is 2. The number of aliphatic hydroxyl groups excluding tert-OH is 1. The summed E-state index contributed by atoms with van der Waals surface area (Å²) in [6.45, 7) is 1.90. The van der Waals surface area contributed by atoms with Gasteiger partial charge in [-0.2, -0.15) is 14.6 Å². The molecule has 3 aromatic heterocycles. The first-order chi connectivity index (χ1) is 16.6. The van der Waals surface area contributed by atoms with Gasteiger partial charge in [0.1, 0.15) is 5.82 Å². The van der Waals surface area contributed by atoms with Crippen LogP contribution in [0.4, 0.5) is 10.3 Å². The maximum Gasteiger partial charge on any atom is 0.228 e. The van der Waals surface area contributed by atoms with E-state index in [0.29, 0.717) is 23.0 Å². The minimum absolute atomic E-state index is 0.0239. The zero-order chi connectivity index (χ0) is 23.2. The van der Waals surface area contributed by atoms with Crippen molar-refractivity contribution in [3.63, 3.8) is 0 Å². The van der Waals surface area contributed by atoms with Crippen molar-refractivity contribution in [2.24, 2.45) is 0 Å². The quantitative estimate of drug-likeness (QED) is 0.463. The lowest BCUT2D eigenvalue weighted by atomic mass is 9.88. The monoisotopic (exact) mass is 456 g/mol. The van der Waals surface area contributed by atoms with Crippen LogP contribution in [-0.4, -0.2) is 42.3 Å². The Morgan fingerprint density at radius 1 is 1.21 bits per heavy atom. The van der Waals surface area contributed by atoms with E-state index in [9.17, 15) is 9.50 Å². The Labute approximate surface area is 196 Å². The van der Waals surface area contributed by atoms with Crippen molar-refractivity contribution in [1.29, 1.82) is 0 Å². The van der Waals surface area contributed by atoms with Crippen LogP contribution in [0.1, 0.15) is 48.8 Å². The maximum absolute atomic E-state index is 13.9. The van der Waals surface area contributed by atoms with Crippen molar-refractivity contribution in [2.75, 3.05) is 11.9 Å². The third-order valence-corrected chi connectivity index (χ3v) is 6.91. The second kappa shape index (κ2) is 8.29. The number of aromatic nitrogens is 5. The van der Waals surface area contributed by atoms with Crippen molar-refractivity contribution < 1.29 is 9.50 Å². The standard InChI is InChI=1S/C26H25FN6O/c1-15(14-34)23-13-29-33-25(23)31-24(18-9-19(27)12-28-11-18)32-26(33)30-20-7-6-17-8-16-4-2-3-5-21(16)22(17)10-20/h2-5,9,11-13,15,20,34H,6-8,10,14H2,1H3,(H,30,31,32)/t15-,20-/m1/s1. The number of anilines is 1.